The summed E-state index contributed by atoms with van der Waals surface area (Å²) >= 11 is 0. The topological polar surface area (TPSA) is 294 Å². The van der Waals surface area contributed by atoms with E-state index in [4.69, 9.17) is 22.9 Å². The van der Waals surface area contributed by atoms with Gasteiger partial charge in [0.2, 0.25) is 23.6 Å². The number of primary amides is 1. The molecule has 5 atom stereocenters. The molecule has 0 saturated carbocycles. The van der Waals surface area contributed by atoms with Crippen molar-refractivity contribution in [2.45, 2.75) is 69.3 Å². The van der Waals surface area contributed by atoms with Crippen LogP contribution >= 0.6 is 0 Å². The van der Waals surface area contributed by atoms with Crippen LogP contribution in [0.1, 0.15) is 38.2 Å². The minimum atomic E-state index is -1.68. The van der Waals surface area contributed by atoms with E-state index in [9.17, 15) is 34.2 Å². The van der Waals surface area contributed by atoms with Crippen LogP contribution in [0.4, 0.5) is 0 Å². The van der Waals surface area contributed by atoms with Gasteiger partial charge >= 0.3 is 5.97 Å². The van der Waals surface area contributed by atoms with Gasteiger partial charge in [0.25, 0.3) is 0 Å². The minimum absolute atomic E-state index is 0.00209. The van der Waals surface area contributed by atoms with Crippen molar-refractivity contribution >= 4 is 46.5 Å². The van der Waals surface area contributed by atoms with Crippen LogP contribution in [-0.2, 0) is 30.4 Å². The number of carbonyl (C=O) groups is 5. The maximum absolute atomic E-state index is 13.5. The fraction of sp³-hybridized carbons (Fsp3) is 0.462. The van der Waals surface area contributed by atoms with Crippen LogP contribution in [0.5, 0.6) is 0 Å². The molecule has 14 N–H and O–H groups in total. The number of carbonyl (C=O) groups excluding carboxylic acids is 4. The van der Waals surface area contributed by atoms with Crippen molar-refractivity contribution in [2.24, 2.45) is 27.9 Å². The molecule has 1 heterocycles. The molecule has 0 fully saturated rings. The van der Waals surface area contributed by atoms with Crippen LogP contribution in [0.2, 0.25) is 0 Å². The number of aliphatic imine (C=N–C) groups is 1. The lowest BCUT2D eigenvalue weighted by molar-refractivity contribution is -0.145. The summed E-state index contributed by atoms with van der Waals surface area (Å²) in [6, 6.07) is 1.99. The quantitative estimate of drug-likeness (QED) is 0.0516. The number of aromatic amines is 1. The lowest BCUT2D eigenvalue weighted by Gasteiger charge is -2.25. The van der Waals surface area contributed by atoms with E-state index >= 15 is 0 Å². The normalized spacial score (nSPS) is 14.5. The van der Waals surface area contributed by atoms with Crippen molar-refractivity contribution in [1.82, 2.24) is 20.9 Å². The number of hydrogen-bond acceptors (Lipinski definition) is 8. The molecule has 5 unspecified atom stereocenters. The van der Waals surface area contributed by atoms with Gasteiger partial charge in [-0.15, -0.1) is 0 Å². The second-order valence-electron chi connectivity index (χ2n) is 9.81. The molecule has 1 aromatic carbocycles. The molecule has 0 bridgehead atoms. The van der Waals surface area contributed by atoms with Gasteiger partial charge in [0, 0.05) is 36.5 Å². The van der Waals surface area contributed by atoms with E-state index in [1.165, 1.54) is 6.92 Å². The molecule has 0 spiro atoms. The third-order valence-electron chi connectivity index (χ3n) is 6.39. The van der Waals surface area contributed by atoms with Crippen molar-refractivity contribution < 1.29 is 34.2 Å². The first-order valence-corrected chi connectivity index (χ1v) is 13.3. The van der Waals surface area contributed by atoms with Crippen LogP contribution in [0.3, 0.4) is 0 Å². The van der Waals surface area contributed by atoms with E-state index in [0.29, 0.717) is 12.0 Å². The Morgan fingerprint density at radius 1 is 0.952 bits per heavy atom. The van der Waals surface area contributed by atoms with Gasteiger partial charge in [-0.25, -0.2) is 4.79 Å². The average molecular weight is 590 g/mol. The number of nitrogens with zero attached hydrogens (tertiary/aromatic N) is 1. The number of amides is 4. The first-order chi connectivity index (χ1) is 19.8. The highest BCUT2D eigenvalue weighted by Gasteiger charge is 2.32. The Bertz CT molecular complexity index is 1290. The van der Waals surface area contributed by atoms with E-state index < -0.39 is 59.9 Å². The highest BCUT2D eigenvalue weighted by molar-refractivity contribution is 5.95. The number of hydrogen-bond donors (Lipinski definition) is 10. The maximum atomic E-state index is 13.5. The van der Waals surface area contributed by atoms with Gasteiger partial charge in [-0.05, 0) is 37.8 Å². The molecule has 0 aliphatic carbocycles. The third-order valence-corrected chi connectivity index (χ3v) is 6.39. The van der Waals surface area contributed by atoms with Crippen molar-refractivity contribution in [2.75, 3.05) is 6.54 Å². The van der Waals surface area contributed by atoms with Crippen molar-refractivity contribution in [3.8, 4) is 0 Å². The molecule has 0 aliphatic heterocycles. The Kier molecular flexibility index (Phi) is 12.7. The number of carboxylic acid groups (broad SMARTS) is 1. The molecular formula is C26H39N9O7. The van der Waals surface area contributed by atoms with Gasteiger partial charge in [0.1, 0.15) is 12.1 Å². The van der Waals surface area contributed by atoms with Crippen LogP contribution in [0.15, 0.2) is 35.5 Å². The van der Waals surface area contributed by atoms with E-state index in [1.807, 2.05) is 24.3 Å². The molecule has 4 amide bonds. The number of nitrogens with two attached hydrogens (primary N) is 4. The van der Waals surface area contributed by atoms with Gasteiger partial charge in [0.15, 0.2) is 12.0 Å². The predicted octanol–water partition coefficient (Wildman–Crippen LogP) is -2.72. The van der Waals surface area contributed by atoms with E-state index in [-0.39, 0.29) is 38.2 Å². The fourth-order valence-electron chi connectivity index (χ4n) is 4.13. The van der Waals surface area contributed by atoms with Crippen LogP contribution in [0.25, 0.3) is 10.9 Å². The number of aliphatic carboxylic acids is 1. The standard InChI is InChI=1S/C26H39N9O7/c1-13(36)21(25(41)42)35-23(39)18(8-9-20(28)37)33-24(40)19(11-14-12-32-17-7-3-2-5-15(14)17)34-22(38)16(27)6-4-10-31-26(29)30/h2-3,5,7,12-13,16,18-19,21,32,36H,4,6,8-11,27H2,1H3,(H2,28,37)(H,33,40)(H,34,38)(H,35,39)(H,41,42)(H4,29,30,31). The van der Waals surface area contributed by atoms with Gasteiger partial charge in [-0.1, -0.05) is 18.2 Å². The largest absolute Gasteiger partial charge is 0.480 e. The number of nitrogens with one attached hydrogen (secondary N) is 4. The monoisotopic (exact) mass is 589 g/mol. The Hall–Kier alpha value is -4.70. The molecular weight excluding hydrogens is 550 g/mol. The number of H-pyrrole nitrogens is 1. The number of fused-ring (bicyclic) bond motifs is 1. The van der Waals surface area contributed by atoms with E-state index in [1.54, 1.807) is 6.20 Å². The second-order valence-corrected chi connectivity index (χ2v) is 9.81. The summed E-state index contributed by atoms with van der Waals surface area (Å²) in [6.45, 7) is 1.42. The number of carboxylic acids is 1. The van der Waals surface area contributed by atoms with E-state index in [0.717, 1.165) is 10.9 Å². The summed E-state index contributed by atoms with van der Waals surface area (Å²) in [5.74, 6) is -4.76. The minimum Gasteiger partial charge on any atom is -0.480 e. The van der Waals surface area contributed by atoms with Gasteiger partial charge in [-0.3, -0.25) is 24.2 Å². The summed E-state index contributed by atoms with van der Waals surface area (Å²) in [4.78, 5) is 69.3. The first-order valence-electron chi connectivity index (χ1n) is 13.3. The lowest BCUT2D eigenvalue weighted by Crippen LogP contribution is -2.58. The lowest BCUT2D eigenvalue weighted by atomic mass is 10.0. The average Bonchev–Trinajstić information content (AvgIpc) is 3.33. The van der Waals surface area contributed by atoms with Gasteiger partial charge in [-0.2, -0.15) is 0 Å². The number of guanidine groups is 1. The summed E-state index contributed by atoms with van der Waals surface area (Å²) < 4.78 is 0. The smallest absolute Gasteiger partial charge is 0.328 e. The molecule has 230 valence electrons. The fourth-order valence-corrected chi connectivity index (χ4v) is 4.13. The van der Waals surface area contributed by atoms with Gasteiger partial charge in [0.05, 0.1) is 12.1 Å². The highest BCUT2D eigenvalue weighted by Crippen LogP contribution is 2.19. The Morgan fingerprint density at radius 2 is 1.60 bits per heavy atom. The molecule has 2 rings (SSSR count). The zero-order chi connectivity index (χ0) is 31.4. The molecule has 0 radical (unpaired) electrons. The Labute approximate surface area is 241 Å². The predicted molar refractivity (Wildman–Crippen MR) is 153 cm³/mol. The zero-order valence-electron chi connectivity index (χ0n) is 23.2. The summed E-state index contributed by atoms with van der Waals surface area (Å²) in [7, 11) is 0. The molecule has 16 nitrogen and oxygen atoms in total. The van der Waals surface area contributed by atoms with Crippen molar-refractivity contribution in [3.05, 3.63) is 36.0 Å². The van der Waals surface area contributed by atoms with E-state index in [2.05, 4.69) is 25.9 Å². The highest BCUT2D eigenvalue weighted by atomic mass is 16.4. The maximum Gasteiger partial charge on any atom is 0.328 e. The van der Waals surface area contributed by atoms with Crippen LogP contribution in [-0.4, -0.2) is 87.6 Å². The number of aliphatic hydroxyl groups is 1. The summed E-state index contributed by atoms with van der Waals surface area (Å²) in [5.41, 5.74) is 23.3. The number of rotatable bonds is 17. The summed E-state index contributed by atoms with van der Waals surface area (Å²) in [5, 5.41) is 27.1. The van der Waals surface area contributed by atoms with Gasteiger partial charge < -0.3 is 54.1 Å². The zero-order valence-corrected chi connectivity index (χ0v) is 23.2. The second kappa shape index (κ2) is 15.9. The number of benzene rings is 1. The number of aromatic nitrogens is 1. The molecule has 0 saturated heterocycles. The number of para-hydroxylation sites is 1. The summed E-state index contributed by atoms with van der Waals surface area (Å²) in [6.07, 6.45) is 0.254. The molecule has 42 heavy (non-hydrogen) atoms. The molecule has 0 aliphatic rings. The first kappa shape index (κ1) is 33.5. The SMILES string of the molecule is CC(O)C(NC(=O)C(CCC(N)=O)NC(=O)C(Cc1c[nH]c2ccccc12)NC(=O)C(N)CCCN=C(N)N)C(=O)O. The number of aliphatic hydroxyl groups excluding tert-OH is 1. The van der Waals surface area contributed by atoms with Crippen LogP contribution < -0.4 is 38.9 Å². The van der Waals surface area contributed by atoms with Crippen LogP contribution in [0, 0.1) is 0 Å². The molecule has 2 aromatic rings. The third kappa shape index (κ3) is 10.4. The molecule has 16 heteroatoms. The molecule has 1 aromatic heterocycles. The Morgan fingerprint density at radius 3 is 2.21 bits per heavy atom. The van der Waals surface area contributed by atoms with Crippen molar-refractivity contribution in [1.29, 1.82) is 0 Å². The van der Waals surface area contributed by atoms with Crippen molar-refractivity contribution in [3.63, 3.8) is 0 Å². The Balaban J connectivity index is 2.29.